The van der Waals surface area contributed by atoms with Gasteiger partial charge in [0.05, 0.1) is 6.10 Å². The minimum Gasteiger partial charge on any atom is -0.489 e. The summed E-state index contributed by atoms with van der Waals surface area (Å²) in [5.74, 6) is -0.183. The van der Waals surface area contributed by atoms with Crippen molar-refractivity contribution < 1.29 is 19.0 Å². The Morgan fingerprint density at radius 1 is 1.21 bits per heavy atom. The van der Waals surface area contributed by atoms with Gasteiger partial charge in [-0.25, -0.2) is 4.79 Å². The number of carbonyl (C=O) groups excluding carboxylic acids is 1. The highest BCUT2D eigenvalue weighted by Gasteiger charge is 2.36. The molecule has 2 aliphatic rings. The Morgan fingerprint density at radius 3 is 2.68 bits per heavy atom. The normalized spacial score (nSPS) is 21.5. The van der Waals surface area contributed by atoms with Crippen LogP contribution >= 0.6 is 0 Å². The van der Waals surface area contributed by atoms with Gasteiger partial charge in [-0.3, -0.25) is 0 Å². The molecule has 0 amide bonds. The summed E-state index contributed by atoms with van der Waals surface area (Å²) in [6, 6.07) is 5.43. The first-order valence-electron chi connectivity index (χ1n) is 6.77. The Labute approximate surface area is 112 Å². The summed E-state index contributed by atoms with van der Waals surface area (Å²) >= 11 is 0. The van der Waals surface area contributed by atoms with E-state index >= 15 is 0 Å². The molecule has 1 saturated carbocycles. The predicted octanol–water partition coefficient (Wildman–Crippen LogP) is 3.29. The van der Waals surface area contributed by atoms with E-state index in [1.165, 1.54) is 12.8 Å². The van der Waals surface area contributed by atoms with Gasteiger partial charge in [0.25, 0.3) is 0 Å². The highest BCUT2D eigenvalue weighted by Crippen LogP contribution is 2.38. The van der Waals surface area contributed by atoms with Crippen molar-refractivity contribution in [2.24, 2.45) is 0 Å². The van der Waals surface area contributed by atoms with E-state index in [2.05, 4.69) is 0 Å². The largest absolute Gasteiger partial charge is 0.489 e. The Hall–Kier alpha value is -1.71. The van der Waals surface area contributed by atoms with Gasteiger partial charge in [0.2, 0.25) is 5.79 Å². The monoisotopic (exact) mass is 262 g/mol. The molecule has 1 aromatic carbocycles. The third-order valence-electron chi connectivity index (χ3n) is 3.48. The molecule has 0 spiro atoms. The van der Waals surface area contributed by atoms with Gasteiger partial charge >= 0.3 is 5.97 Å². The molecule has 1 aliphatic carbocycles. The number of esters is 1. The predicted molar refractivity (Wildman–Crippen MR) is 69.4 cm³/mol. The van der Waals surface area contributed by atoms with Gasteiger partial charge in [-0.1, -0.05) is 6.07 Å². The summed E-state index contributed by atoms with van der Waals surface area (Å²) in [6.07, 6.45) is 4.67. The van der Waals surface area contributed by atoms with Crippen molar-refractivity contribution in [2.75, 3.05) is 0 Å². The molecule has 0 aromatic heterocycles. The average Bonchev–Trinajstić information content (AvgIpc) is 2.79. The zero-order chi connectivity index (χ0) is 13.5. The van der Waals surface area contributed by atoms with Crippen LogP contribution in [-0.2, 0) is 4.74 Å². The highest BCUT2D eigenvalue weighted by atomic mass is 16.7. The number of ether oxygens (including phenoxy) is 3. The fourth-order valence-electron chi connectivity index (χ4n) is 2.64. The second-order valence-corrected chi connectivity index (χ2v) is 5.55. The van der Waals surface area contributed by atoms with E-state index in [0.717, 1.165) is 12.8 Å². The van der Waals surface area contributed by atoms with E-state index in [4.69, 9.17) is 14.2 Å². The van der Waals surface area contributed by atoms with Crippen LogP contribution in [0, 0.1) is 0 Å². The van der Waals surface area contributed by atoms with Gasteiger partial charge in [-0.2, -0.15) is 0 Å². The van der Waals surface area contributed by atoms with Crippen LogP contribution in [-0.4, -0.2) is 17.9 Å². The van der Waals surface area contributed by atoms with Crippen molar-refractivity contribution in [3.05, 3.63) is 23.8 Å². The number of hydrogen-bond acceptors (Lipinski definition) is 4. The van der Waals surface area contributed by atoms with Crippen molar-refractivity contribution in [3.63, 3.8) is 0 Å². The first-order chi connectivity index (χ1) is 9.05. The lowest BCUT2D eigenvalue weighted by atomic mass is 10.1. The quantitative estimate of drug-likeness (QED) is 0.767. The van der Waals surface area contributed by atoms with E-state index in [1.807, 2.05) is 6.07 Å². The van der Waals surface area contributed by atoms with Gasteiger partial charge < -0.3 is 14.2 Å². The van der Waals surface area contributed by atoms with Gasteiger partial charge in [0.1, 0.15) is 17.1 Å². The van der Waals surface area contributed by atoms with Crippen LogP contribution in [0.3, 0.4) is 0 Å². The Morgan fingerprint density at radius 2 is 1.95 bits per heavy atom. The van der Waals surface area contributed by atoms with Crippen LogP contribution in [0.25, 0.3) is 0 Å². The zero-order valence-corrected chi connectivity index (χ0v) is 11.3. The zero-order valence-electron chi connectivity index (χ0n) is 11.3. The summed E-state index contributed by atoms with van der Waals surface area (Å²) in [7, 11) is 0. The summed E-state index contributed by atoms with van der Waals surface area (Å²) < 4.78 is 16.9. The van der Waals surface area contributed by atoms with Crippen molar-refractivity contribution in [2.45, 2.75) is 51.4 Å². The topological polar surface area (TPSA) is 44.8 Å². The van der Waals surface area contributed by atoms with E-state index < -0.39 is 5.79 Å². The molecule has 1 aliphatic heterocycles. The first kappa shape index (κ1) is 12.3. The van der Waals surface area contributed by atoms with Gasteiger partial charge in [0.15, 0.2) is 0 Å². The van der Waals surface area contributed by atoms with E-state index in [1.54, 1.807) is 26.0 Å². The SMILES string of the molecule is CC1(C)OC(=O)c2c(OC3CCCC3)cccc2O1. The lowest BCUT2D eigenvalue weighted by Gasteiger charge is -2.32. The molecule has 0 radical (unpaired) electrons. The number of carbonyl (C=O) groups is 1. The number of rotatable bonds is 2. The van der Waals surface area contributed by atoms with Gasteiger partial charge in [-0.05, 0) is 37.8 Å². The average molecular weight is 262 g/mol. The molecule has 0 bridgehead atoms. The summed E-state index contributed by atoms with van der Waals surface area (Å²) in [4.78, 5) is 12.1. The van der Waals surface area contributed by atoms with Gasteiger partial charge in [0, 0.05) is 13.8 Å². The van der Waals surface area contributed by atoms with E-state index in [0.29, 0.717) is 17.1 Å². The third kappa shape index (κ3) is 2.39. The molecule has 19 heavy (non-hydrogen) atoms. The lowest BCUT2D eigenvalue weighted by molar-refractivity contribution is -0.127. The van der Waals surface area contributed by atoms with Crippen molar-refractivity contribution in [1.82, 2.24) is 0 Å². The fourth-order valence-corrected chi connectivity index (χ4v) is 2.64. The van der Waals surface area contributed by atoms with Crippen LogP contribution in [0.2, 0.25) is 0 Å². The molecule has 102 valence electrons. The third-order valence-corrected chi connectivity index (χ3v) is 3.48. The molecule has 1 aromatic rings. The standard InChI is InChI=1S/C15H18O4/c1-15(2)18-12-9-5-8-11(13(12)14(16)19-15)17-10-6-3-4-7-10/h5,8-10H,3-4,6-7H2,1-2H3. The maximum absolute atomic E-state index is 12.1. The number of fused-ring (bicyclic) bond motifs is 1. The number of cyclic esters (lactones) is 1. The molecule has 4 heteroatoms. The molecule has 3 rings (SSSR count). The van der Waals surface area contributed by atoms with E-state index in [-0.39, 0.29) is 12.1 Å². The summed E-state index contributed by atoms with van der Waals surface area (Å²) in [6.45, 7) is 3.44. The summed E-state index contributed by atoms with van der Waals surface area (Å²) in [5.41, 5.74) is 0.411. The first-order valence-corrected chi connectivity index (χ1v) is 6.77. The molecule has 0 saturated heterocycles. The van der Waals surface area contributed by atoms with Crippen LogP contribution in [0.4, 0.5) is 0 Å². The van der Waals surface area contributed by atoms with Crippen LogP contribution in [0.1, 0.15) is 49.9 Å². The molecule has 0 atom stereocenters. The van der Waals surface area contributed by atoms with Crippen LogP contribution in [0.5, 0.6) is 11.5 Å². The lowest BCUT2D eigenvalue weighted by Crippen LogP contribution is -2.39. The molecule has 0 unspecified atom stereocenters. The number of benzene rings is 1. The number of hydrogen-bond donors (Lipinski definition) is 0. The molecule has 4 nitrogen and oxygen atoms in total. The summed E-state index contributed by atoms with van der Waals surface area (Å²) in [5, 5.41) is 0. The maximum atomic E-state index is 12.1. The molecular formula is C15H18O4. The van der Waals surface area contributed by atoms with Crippen LogP contribution < -0.4 is 9.47 Å². The Bertz CT molecular complexity index is 501. The van der Waals surface area contributed by atoms with Gasteiger partial charge in [-0.15, -0.1) is 0 Å². The van der Waals surface area contributed by atoms with Crippen molar-refractivity contribution in [1.29, 1.82) is 0 Å². The Balaban J connectivity index is 1.92. The molecule has 0 N–H and O–H groups in total. The Kier molecular flexibility index (Phi) is 2.88. The minimum atomic E-state index is -0.921. The van der Waals surface area contributed by atoms with Crippen molar-refractivity contribution in [3.8, 4) is 11.5 Å². The molecule has 1 fully saturated rings. The van der Waals surface area contributed by atoms with Crippen LogP contribution in [0.15, 0.2) is 18.2 Å². The maximum Gasteiger partial charge on any atom is 0.349 e. The van der Waals surface area contributed by atoms with Crippen molar-refractivity contribution >= 4 is 5.97 Å². The fraction of sp³-hybridized carbons (Fsp3) is 0.533. The minimum absolute atomic E-state index is 0.203. The highest BCUT2D eigenvalue weighted by molar-refractivity contribution is 5.96. The molecule has 1 heterocycles. The smallest absolute Gasteiger partial charge is 0.349 e. The molecular weight excluding hydrogens is 244 g/mol. The second kappa shape index (κ2) is 4.44. The second-order valence-electron chi connectivity index (χ2n) is 5.55. The van der Waals surface area contributed by atoms with E-state index in [9.17, 15) is 4.79 Å².